The summed E-state index contributed by atoms with van der Waals surface area (Å²) in [5.74, 6) is 2.00. The molecular weight excluding hydrogens is 194 g/mol. The molecule has 92 valence electrons. The van der Waals surface area contributed by atoms with Crippen molar-refractivity contribution < 1.29 is 0 Å². The number of nitrogens with zero attached hydrogens (tertiary/aromatic N) is 1. The summed E-state index contributed by atoms with van der Waals surface area (Å²) in [4.78, 5) is 2.46. The molecule has 2 aliphatic rings. The molecule has 0 N–H and O–H groups in total. The SMILES string of the molecule is CC1CCC(CC2=CCCN(C)CC2)CC1. The second kappa shape index (κ2) is 5.86. The Hall–Kier alpha value is -0.300. The van der Waals surface area contributed by atoms with Crippen molar-refractivity contribution in [3.8, 4) is 0 Å². The highest BCUT2D eigenvalue weighted by atomic mass is 15.1. The molecule has 1 aliphatic heterocycles. The maximum Gasteiger partial charge on any atom is 0.00156 e. The first kappa shape index (κ1) is 12.2. The fourth-order valence-electron chi connectivity index (χ4n) is 3.13. The minimum absolute atomic E-state index is 0.991. The fraction of sp³-hybridized carbons (Fsp3) is 0.867. The summed E-state index contributed by atoms with van der Waals surface area (Å²) < 4.78 is 0. The molecule has 2 rings (SSSR count). The number of hydrogen-bond acceptors (Lipinski definition) is 1. The molecule has 1 heteroatoms. The van der Waals surface area contributed by atoms with Crippen molar-refractivity contribution in [2.45, 2.75) is 51.9 Å². The quantitative estimate of drug-likeness (QED) is 0.640. The molecule has 1 aliphatic carbocycles. The highest BCUT2D eigenvalue weighted by Gasteiger charge is 2.19. The molecule has 0 aromatic heterocycles. The van der Waals surface area contributed by atoms with E-state index in [1.165, 1.54) is 58.0 Å². The Kier molecular flexibility index (Phi) is 4.45. The molecule has 0 aromatic rings. The van der Waals surface area contributed by atoms with Crippen molar-refractivity contribution >= 4 is 0 Å². The van der Waals surface area contributed by atoms with Gasteiger partial charge in [0, 0.05) is 13.1 Å². The largest absolute Gasteiger partial charge is 0.306 e. The monoisotopic (exact) mass is 221 g/mol. The molecule has 0 radical (unpaired) electrons. The Bertz CT molecular complexity index is 236. The molecular formula is C15H27N. The fourth-order valence-corrected chi connectivity index (χ4v) is 3.13. The summed E-state index contributed by atoms with van der Waals surface area (Å²) in [6.45, 7) is 4.94. The lowest BCUT2D eigenvalue weighted by molar-refractivity contribution is 0.285. The Balaban J connectivity index is 1.78. The summed E-state index contributed by atoms with van der Waals surface area (Å²) in [6.07, 6.45) is 12.4. The van der Waals surface area contributed by atoms with Crippen LogP contribution in [0.2, 0.25) is 0 Å². The molecule has 0 saturated heterocycles. The summed E-state index contributed by atoms with van der Waals surface area (Å²) in [7, 11) is 2.25. The molecule has 1 fully saturated rings. The van der Waals surface area contributed by atoms with Crippen molar-refractivity contribution in [3.63, 3.8) is 0 Å². The van der Waals surface area contributed by atoms with Gasteiger partial charge in [0.2, 0.25) is 0 Å². The third kappa shape index (κ3) is 3.62. The molecule has 0 atom stereocenters. The first-order valence-corrected chi connectivity index (χ1v) is 7.10. The van der Waals surface area contributed by atoms with Gasteiger partial charge in [-0.1, -0.05) is 31.4 Å². The van der Waals surface area contributed by atoms with E-state index < -0.39 is 0 Å². The predicted molar refractivity (Wildman–Crippen MR) is 70.6 cm³/mol. The topological polar surface area (TPSA) is 3.24 Å². The third-order valence-corrected chi connectivity index (χ3v) is 4.44. The van der Waals surface area contributed by atoms with E-state index in [1.54, 1.807) is 5.57 Å². The average molecular weight is 221 g/mol. The van der Waals surface area contributed by atoms with Crippen LogP contribution >= 0.6 is 0 Å². The first-order chi connectivity index (χ1) is 7.74. The van der Waals surface area contributed by atoms with Crippen molar-refractivity contribution in [1.82, 2.24) is 4.90 Å². The molecule has 16 heavy (non-hydrogen) atoms. The van der Waals surface area contributed by atoms with Crippen LogP contribution in [-0.2, 0) is 0 Å². The standard InChI is InChI=1S/C15H27N/c1-13-5-7-15(8-6-13)12-14-4-3-10-16(2)11-9-14/h4,13,15H,3,5-12H2,1-2H3. The van der Waals surface area contributed by atoms with E-state index in [4.69, 9.17) is 0 Å². The average Bonchev–Trinajstić information content (AvgIpc) is 2.47. The van der Waals surface area contributed by atoms with E-state index in [1.807, 2.05) is 0 Å². The molecule has 0 spiro atoms. The molecule has 0 unspecified atom stereocenters. The van der Waals surface area contributed by atoms with Crippen molar-refractivity contribution in [2.24, 2.45) is 11.8 Å². The van der Waals surface area contributed by atoms with Gasteiger partial charge >= 0.3 is 0 Å². The van der Waals surface area contributed by atoms with Gasteiger partial charge in [-0.15, -0.1) is 0 Å². The van der Waals surface area contributed by atoms with Gasteiger partial charge in [0.05, 0.1) is 0 Å². The maximum atomic E-state index is 2.53. The van der Waals surface area contributed by atoms with Gasteiger partial charge in [0.15, 0.2) is 0 Å². The Morgan fingerprint density at radius 3 is 2.69 bits per heavy atom. The van der Waals surface area contributed by atoms with Crippen LogP contribution in [-0.4, -0.2) is 25.0 Å². The predicted octanol–water partition coefficient (Wildman–Crippen LogP) is 3.85. The van der Waals surface area contributed by atoms with E-state index >= 15 is 0 Å². The molecule has 0 aromatic carbocycles. The lowest BCUT2D eigenvalue weighted by Crippen LogP contribution is -2.19. The van der Waals surface area contributed by atoms with E-state index in [0.717, 1.165) is 11.8 Å². The number of rotatable bonds is 2. The Morgan fingerprint density at radius 1 is 1.19 bits per heavy atom. The van der Waals surface area contributed by atoms with E-state index in [2.05, 4.69) is 24.9 Å². The highest BCUT2D eigenvalue weighted by Crippen LogP contribution is 2.33. The molecule has 0 amide bonds. The Morgan fingerprint density at radius 2 is 1.94 bits per heavy atom. The minimum atomic E-state index is 0.991. The van der Waals surface area contributed by atoms with Crippen LogP contribution in [0.15, 0.2) is 11.6 Å². The van der Waals surface area contributed by atoms with E-state index in [0.29, 0.717) is 0 Å². The lowest BCUT2D eigenvalue weighted by atomic mass is 9.79. The van der Waals surface area contributed by atoms with E-state index in [-0.39, 0.29) is 0 Å². The van der Waals surface area contributed by atoms with Gasteiger partial charge in [-0.3, -0.25) is 0 Å². The zero-order chi connectivity index (χ0) is 11.4. The van der Waals surface area contributed by atoms with Crippen molar-refractivity contribution in [1.29, 1.82) is 0 Å². The van der Waals surface area contributed by atoms with Gasteiger partial charge in [-0.25, -0.2) is 0 Å². The van der Waals surface area contributed by atoms with Gasteiger partial charge in [0.25, 0.3) is 0 Å². The summed E-state index contributed by atoms with van der Waals surface area (Å²) in [5.41, 5.74) is 1.75. The second-order valence-electron chi connectivity index (χ2n) is 6.03. The third-order valence-electron chi connectivity index (χ3n) is 4.44. The first-order valence-electron chi connectivity index (χ1n) is 7.10. The highest BCUT2D eigenvalue weighted by molar-refractivity contribution is 5.06. The van der Waals surface area contributed by atoms with Crippen LogP contribution in [0.4, 0.5) is 0 Å². The van der Waals surface area contributed by atoms with Gasteiger partial charge < -0.3 is 4.90 Å². The van der Waals surface area contributed by atoms with Gasteiger partial charge in [-0.05, 0) is 51.0 Å². The summed E-state index contributed by atoms with van der Waals surface area (Å²) in [6, 6.07) is 0. The van der Waals surface area contributed by atoms with Crippen LogP contribution in [0.25, 0.3) is 0 Å². The van der Waals surface area contributed by atoms with Crippen molar-refractivity contribution in [2.75, 3.05) is 20.1 Å². The van der Waals surface area contributed by atoms with Crippen LogP contribution in [0, 0.1) is 11.8 Å². The zero-order valence-electron chi connectivity index (χ0n) is 11.0. The van der Waals surface area contributed by atoms with Gasteiger partial charge in [0.1, 0.15) is 0 Å². The number of hydrogen-bond donors (Lipinski definition) is 0. The van der Waals surface area contributed by atoms with Crippen LogP contribution in [0.1, 0.15) is 51.9 Å². The minimum Gasteiger partial charge on any atom is -0.306 e. The molecule has 1 heterocycles. The van der Waals surface area contributed by atoms with Crippen LogP contribution in [0.3, 0.4) is 0 Å². The van der Waals surface area contributed by atoms with Gasteiger partial charge in [-0.2, -0.15) is 0 Å². The lowest BCUT2D eigenvalue weighted by Gasteiger charge is -2.27. The smallest absolute Gasteiger partial charge is 0.00156 e. The van der Waals surface area contributed by atoms with E-state index in [9.17, 15) is 0 Å². The van der Waals surface area contributed by atoms with Crippen LogP contribution in [0.5, 0.6) is 0 Å². The normalized spacial score (nSPS) is 33.2. The Labute approximate surface area is 101 Å². The van der Waals surface area contributed by atoms with Crippen molar-refractivity contribution in [3.05, 3.63) is 11.6 Å². The summed E-state index contributed by atoms with van der Waals surface area (Å²) in [5, 5.41) is 0. The zero-order valence-corrected chi connectivity index (χ0v) is 11.0. The summed E-state index contributed by atoms with van der Waals surface area (Å²) >= 11 is 0. The van der Waals surface area contributed by atoms with Crippen LogP contribution < -0.4 is 0 Å². The molecule has 1 saturated carbocycles. The molecule has 0 bridgehead atoms. The maximum absolute atomic E-state index is 2.53. The second-order valence-corrected chi connectivity index (χ2v) is 6.03. The molecule has 1 nitrogen and oxygen atoms in total.